The van der Waals surface area contributed by atoms with E-state index in [1.54, 1.807) is 32.2 Å². The largest absolute Gasteiger partial charge is 0.497 e. The van der Waals surface area contributed by atoms with Crippen molar-refractivity contribution in [1.29, 1.82) is 0 Å². The van der Waals surface area contributed by atoms with Crippen molar-refractivity contribution in [1.82, 2.24) is 10.3 Å². The van der Waals surface area contributed by atoms with Gasteiger partial charge in [0.25, 0.3) is 11.6 Å². The van der Waals surface area contributed by atoms with Crippen molar-refractivity contribution >= 4 is 22.5 Å². The van der Waals surface area contributed by atoms with E-state index in [-0.39, 0.29) is 18.1 Å². The lowest BCUT2D eigenvalue weighted by Crippen LogP contribution is -2.24. The number of aryl methyl sites for hydroxylation is 1. The highest BCUT2D eigenvalue weighted by atomic mass is 16.6. The molecule has 0 atom stereocenters. The topological polar surface area (TPSA) is 94.4 Å². The van der Waals surface area contributed by atoms with Gasteiger partial charge in [0.15, 0.2) is 0 Å². The number of hydrogen-bond donors (Lipinski definition) is 1. The van der Waals surface area contributed by atoms with Crippen LogP contribution in [-0.2, 0) is 6.54 Å². The first-order chi connectivity index (χ1) is 12.5. The second kappa shape index (κ2) is 7.18. The van der Waals surface area contributed by atoms with Gasteiger partial charge in [-0.2, -0.15) is 0 Å². The van der Waals surface area contributed by atoms with E-state index in [9.17, 15) is 14.9 Å². The highest BCUT2D eigenvalue weighted by Crippen LogP contribution is 2.22. The van der Waals surface area contributed by atoms with Crippen molar-refractivity contribution < 1.29 is 14.5 Å². The lowest BCUT2D eigenvalue weighted by atomic mass is 10.1. The average molecular weight is 351 g/mol. The molecule has 7 heteroatoms. The fraction of sp³-hybridized carbons (Fsp3) is 0.158. The predicted molar refractivity (Wildman–Crippen MR) is 97.3 cm³/mol. The molecule has 132 valence electrons. The Morgan fingerprint density at radius 1 is 1.19 bits per heavy atom. The number of fused-ring (bicyclic) bond motifs is 1. The zero-order chi connectivity index (χ0) is 18.7. The number of nitrogens with zero attached hydrogens (tertiary/aromatic N) is 2. The molecule has 0 aliphatic rings. The summed E-state index contributed by atoms with van der Waals surface area (Å²) in [6, 6.07) is 13.3. The molecule has 1 aromatic heterocycles. The van der Waals surface area contributed by atoms with Crippen molar-refractivity contribution in [3.8, 4) is 5.75 Å². The van der Waals surface area contributed by atoms with Gasteiger partial charge in [-0.3, -0.25) is 19.9 Å². The summed E-state index contributed by atoms with van der Waals surface area (Å²) < 4.78 is 5.21. The SMILES string of the molecule is COc1ccc2nc(C)c(C(=O)NCc3ccc([N+](=O)[O-])cc3)cc2c1. The van der Waals surface area contributed by atoms with E-state index in [1.807, 2.05) is 18.2 Å². The van der Waals surface area contributed by atoms with Crippen molar-refractivity contribution in [2.75, 3.05) is 7.11 Å². The maximum Gasteiger partial charge on any atom is 0.269 e. The molecule has 0 saturated heterocycles. The molecule has 1 heterocycles. The maximum atomic E-state index is 12.5. The number of nitro benzene ring substituents is 1. The van der Waals surface area contributed by atoms with Crippen LogP contribution in [0.3, 0.4) is 0 Å². The van der Waals surface area contributed by atoms with E-state index >= 15 is 0 Å². The number of methoxy groups -OCH3 is 1. The zero-order valence-electron chi connectivity index (χ0n) is 14.4. The van der Waals surface area contributed by atoms with Gasteiger partial charge in [-0.1, -0.05) is 12.1 Å². The molecule has 1 amide bonds. The van der Waals surface area contributed by atoms with Crippen LogP contribution in [0.2, 0.25) is 0 Å². The van der Waals surface area contributed by atoms with Gasteiger partial charge in [0.05, 0.1) is 28.8 Å². The normalized spacial score (nSPS) is 10.5. The van der Waals surface area contributed by atoms with Crippen LogP contribution in [0.1, 0.15) is 21.6 Å². The number of non-ortho nitro benzene ring substituents is 1. The number of hydrogen-bond acceptors (Lipinski definition) is 5. The third kappa shape index (κ3) is 3.61. The van der Waals surface area contributed by atoms with Crippen molar-refractivity contribution in [3.63, 3.8) is 0 Å². The Kier molecular flexibility index (Phi) is 4.79. The van der Waals surface area contributed by atoms with Gasteiger partial charge in [0.1, 0.15) is 5.75 Å². The van der Waals surface area contributed by atoms with Gasteiger partial charge in [-0.05, 0) is 36.8 Å². The zero-order valence-corrected chi connectivity index (χ0v) is 14.4. The molecular formula is C19H17N3O4. The molecule has 7 nitrogen and oxygen atoms in total. The third-order valence-electron chi connectivity index (χ3n) is 4.06. The Balaban J connectivity index is 1.78. The molecule has 26 heavy (non-hydrogen) atoms. The number of benzene rings is 2. The fourth-order valence-corrected chi connectivity index (χ4v) is 2.62. The molecule has 0 aliphatic carbocycles. The van der Waals surface area contributed by atoms with Gasteiger partial charge in [-0.25, -0.2) is 0 Å². The molecule has 0 radical (unpaired) electrons. The lowest BCUT2D eigenvalue weighted by Gasteiger charge is -2.10. The summed E-state index contributed by atoms with van der Waals surface area (Å²) in [6.45, 7) is 2.05. The van der Waals surface area contributed by atoms with Crippen molar-refractivity contribution in [2.45, 2.75) is 13.5 Å². The van der Waals surface area contributed by atoms with Crippen molar-refractivity contribution in [3.05, 3.63) is 75.5 Å². The Morgan fingerprint density at radius 2 is 1.92 bits per heavy atom. The Labute approximate surface area is 149 Å². The van der Waals surface area contributed by atoms with Crippen LogP contribution in [0, 0.1) is 17.0 Å². The number of rotatable bonds is 5. The molecule has 2 aromatic carbocycles. The molecule has 3 aromatic rings. The number of pyridine rings is 1. The standard InChI is InChI=1S/C19H17N3O4/c1-12-17(10-14-9-16(26-2)7-8-18(14)21-12)19(23)20-11-13-3-5-15(6-4-13)22(24)25/h3-10H,11H2,1-2H3,(H,20,23). The van der Waals surface area contributed by atoms with Crippen LogP contribution in [0.5, 0.6) is 5.75 Å². The molecule has 0 bridgehead atoms. The molecular weight excluding hydrogens is 334 g/mol. The summed E-state index contributed by atoms with van der Waals surface area (Å²) in [5.74, 6) is 0.443. The number of nitrogens with one attached hydrogen (secondary N) is 1. The highest BCUT2D eigenvalue weighted by molar-refractivity contribution is 5.98. The second-order valence-electron chi connectivity index (χ2n) is 5.79. The minimum absolute atomic E-state index is 0.0172. The van der Waals surface area contributed by atoms with Crippen LogP contribution in [-0.4, -0.2) is 22.9 Å². The van der Waals surface area contributed by atoms with Gasteiger partial charge in [0.2, 0.25) is 0 Å². The Morgan fingerprint density at radius 3 is 2.58 bits per heavy atom. The van der Waals surface area contributed by atoms with Gasteiger partial charge in [0, 0.05) is 24.1 Å². The first kappa shape index (κ1) is 17.3. The van der Waals surface area contributed by atoms with Crippen LogP contribution in [0.15, 0.2) is 48.5 Å². The third-order valence-corrected chi connectivity index (χ3v) is 4.06. The van der Waals surface area contributed by atoms with Crippen molar-refractivity contribution in [2.24, 2.45) is 0 Å². The average Bonchev–Trinajstić information content (AvgIpc) is 2.65. The van der Waals surface area contributed by atoms with E-state index in [1.165, 1.54) is 12.1 Å². The summed E-state index contributed by atoms with van der Waals surface area (Å²) in [5.41, 5.74) is 2.69. The first-order valence-corrected chi connectivity index (χ1v) is 7.95. The fourth-order valence-electron chi connectivity index (χ4n) is 2.62. The molecule has 3 rings (SSSR count). The summed E-state index contributed by atoms with van der Waals surface area (Å²) in [7, 11) is 1.58. The molecule has 0 aliphatic heterocycles. The number of amides is 1. The molecule has 0 fully saturated rings. The van der Waals surface area contributed by atoms with E-state index in [0.717, 1.165) is 16.5 Å². The minimum atomic E-state index is -0.458. The predicted octanol–water partition coefficient (Wildman–Crippen LogP) is 3.39. The van der Waals surface area contributed by atoms with Gasteiger partial charge >= 0.3 is 0 Å². The molecule has 1 N–H and O–H groups in total. The minimum Gasteiger partial charge on any atom is -0.497 e. The Hall–Kier alpha value is -3.48. The quantitative estimate of drug-likeness (QED) is 0.562. The smallest absolute Gasteiger partial charge is 0.269 e. The molecule has 0 unspecified atom stereocenters. The molecule has 0 saturated carbocycles. The monoisotopic (exact) mass is 351 g/mol. The lowest BCUT2D eigenvalue weighted by molar-refractivity contribution is -0.384. The van der Waals surface area contributed by atoms with Gasteiger partial charge in [-0.15, -0.1) is 0 Å². The number of carbonyl (C=O) groups is 1. The van der Waals surface area contributed by atoms with E-state index < -0.39 is 4.92 Å². The van der Waals surface area contributed by atoms with E-state index in [0.29, 0.717) is 17.0 Å². The first-order valence-electron chi connectivity index (χ1n) is 7.95. The van der Waals surface area contributed by atoms with E-state index in [4.69, 9.17) is 4.74 Å². The number of aromatic nitrogens is 1. The summed E-state index contributed by atoms with van der Waals surface area (Å²) in [4.78, 5) is 27.2. The molecule has 0 spiro atoms. The summed E-state index contributed by atoms with van der Waals surface area (Å²) in [5, 5.41) is 14.3. The number of ether oxygens (including phenoxy) is 1. The van der Waals surface area contributed by atoms with Crippen LogP contribution < -0.4 is 10.1 Å². The van der Waals surface area contributed by atoms with Crippen LogP contribution >= 0.6 is 0 Å². The van der Waals surface area contributed by atoms with Crippen LogP contribution in [0.25, 0.3) is 10.9 Å². The van der Waals surface area contributed by atoms with Gasteiger partial charge < -0.3 is 10.1 Å². The number of nitro groups is 1. The highest BCUT2D eigenvalue weighted by Gasteiger charge is 2.12. The van der Waals surface area contributed by atoms with E-state index in [2.05, 4.69) is 10.3 Å². The van der Waals surface area contributed by atoms with Crippen LogP contribution in [0.4, 0.5) is 5.69 Å². The Bertz CT molecular complexity index is 984. The maximum absolute atomic E-state index is 12.5. The summed E-state index contributed by atoms with van der Waals surface area (Å²) >= 11 is 0. The number of carbonyl (C=O) groups excluding carboxylic acids is 1. The summed E-state index contributed by atoms with van der Waals surface area (Å²) in [6.07, 6.45) is 0. The second-order valence-corrected chi connectivity index (χ2v) is 5.79.